The summed E-state index contributed by atoms with van der Waals surface area (Å²) in [6.45, 7) is 4.48. The van der Waals surface area contributed by atoms with Crippen LogP contribution in [0.4, 0.5) is 0 Å². The van der Waals surface area contributed by atoms with Crippen molar-refractivity contribution in [1.29, 1.82) is 0 Å². The Morgan fingerprint density at radius 3 is 1.76 bits per heavy atom. The highest BCUT2D eigenvalue weighted by Gasteiger charge is 2.39. The largest absolute Gasteiger partial charge is 0.478 e. The van der Waals surface area contributed by atoms with Crippen LogP contribution in [0, 0.1) is 5.92 Å². The van der Waals surface area contributed by atoms with Gasteiger partial charge in [0.1, 0.15) is 0 Å². The Kier molecular flexibility index (Phi) is 9.03. The topological polar surface area (TPSA) is 63.6 Å². The van der Waals surface area contributed by atoms with Gasteiger partial charge in [-0.15, -0.1) is 0 Å². The van der Waals surface area contributed by atoms with E-state index in [9.17, 15) is 14.7 Å². The van der Waals surface area contributed by atoms with E-state index >= 15 is 0 Å². The second kappa shape index (κ2) is 12.2. The lowest BCUT2D eigenvalue weighted by molar-refractivity contribution is -0.00681. The van der Waals surface area contributed by atoms with Crippen LogP contribution in [0.1, 0.15) is 84.2 Å². The van der Waals surface area contributed by atoms with E-state index in [4.69, 9.17) is 4.74 Å². The van der Waals surface area contributed by atoms with Gasteiger partial charge in [-0.3, -0.25) is 0 Å². The number of carbonyl (C=O) groups is 2. The zero-order valence-electron chi connectivity index (χ0n) is 20.1. The van der Waals surface area contributed by atoms with Gasteiger partial charge in [0.05, 0.1) is 11.1 Å². The molecule has 0 radical (unpaired) electrons. The van der Waals surface area contributed by atoms with Gasteiger partial charge < -0.3 is 9.84 Å². The Morgan fingerprint density at radius 2 is 1.24 bits per heavy atom. The Morgan fingerprint density at radius 1 is 0.735 bits per heavy atom. The number of aromatic carboxylic acids is 1. The van der Waals surface area contributed by atoms with Crippen LogP contribution >= 0.6 is 0 Å². The van der Waals surface area contributed by atoms with Crippen molar-refractivity contribution in [3.63, 3.8) is 0 Å². The maximum Gasteiger partial charge on any atom is 0.340 e. The summed E-state index contributed by atoms with van der Waals surface area (Å²) in [4.78, 5) is 25.2. The first-order chi connectivity index (χ1) is 16.4. The van der Waals surface area contributed by atoms with Crippen LogP contribution in [0.3, 0.4) is 0 Å². The van der Waals surface area contributed by atoms with E-state index < -0.39 is 17.5 Å². The van der Waals surface area contributed by atoms with E-state index in [-0.39, 0.29) is 11.1 Å². The normalized spacial score (nSPS) is 11.4. The summed E-state index contributed by atoms with van der Waals surface area (Å²) in [6.07, 6.45) is 6.07. The molecule has 0 aromatic heterocycles. The summed E-state index contributed by atoms with van der Waals surface area (Å²) in [5.74, 6) is -1.09. The summed E-state index contributed by atoms with van der Waals surface area (Å²) < 4.78 is 6.33. The third-order valence-electron chi connectivity index (χ3n) is 6.18. The molecular weight excluding hydrogens is 424 g/mol. The first-order valence-corrected chi connectivity index (χ1v) is 12.1. The molecule has 34 heavy (non-hydrogen) atoms. The van der Waals surface area contributed by atoms with E-state index in [2.05, 4.69) is 13.8 Å². The highest BCUT2D eigenvalue weighted by Crippen LogP contribution is 2.40. The molecule has 0 heterocycles. The summed E-state index contributed by atoms with van der Waals surface area (Å²) in [5, 5.41) is 9.60. The SMILES string of the molecule is CC(C)CCCCCCC(OC(=O)c1ccccc1C(=O)O)(c1ccccc1)c1ccccc1. The minimum atomic E-state index is -1.15. The molecule has 0 saturated heterocycles. The smallest absolute Gasteiger partial charge is 0.340 e. The second-order valence-electron chi connectivity index (χ2n) is 9.15. The predicted molar refractivity (Wildman–Crippen MR) is 135 cm³/mol. The molecule has 3 aromatic rings. The Bertz CT molecular complexity index is 1020. The maximum absolute atomic E-state index is 13.5. The van der Waals surface area contributed by atoms with Gasteiger partial charge in [-0.05, 0) is 30.9 Å². The van der Waals surface area contributed by atoms with Gasteiger partial charge in [0.25, 0.3) is 0 Å². The molecule has 1 N–H and O–H groups in total. The van der Waals surface area contributed by atoms with Crippen molar-refractivity contribution < 1.29 is 19.4 Å². The fourth-order valence-corrected chi connectivity index (χ4v) is 4.38. The summed E-state index contributed by atoms with van der Waals surface area (Å²) in [7, 11) is 0. The number of ether oxygens (including phenoxy) is 1. The van der Waals surface area contributed by atoms with Crippen LogP contribution in [0.5, 0.6) is 0 Å². The summed E-state index contributed by atoms with van der Waals surface area (Å²) >= 11 is 0. The lowest BCUT2D eigenvalue weighted by Crippen LogP contribution is -2.34. The molecule has 0 saturated carbocycles. The highest BCUT2D eigenvalue weighted by molar-refractivity contribution is 6.02. The van der Waals surface area contributed by atoms with Crippen molar-refractivity contribution in [2.24, 2.45) is 5.92 Å². The van der Waals surface area contributed by atoms with Gasteiger partial charge in [0, 0.05) is 11.1 Å². The quantitative estimate of drug-likeness (QED) is 0.226. The van der Waals surface area contributed by atoms with Crippen molar-refractivity contribution in [2.45, 2.75) is 58.0 Å². The number of carboxylic acids is 1. The van der Waals surface area contributed by atoms with Crippen molar-refractivity contribution in [1.82, 2.24) is 0 Å². The van der Waals surface area contributed by atoms with Gasteiger partial charge in [-0.2, -0.15) is 0 Å². The van der Waals surface area contributed by atoms with Crippen molar-refractivity contribution in [3.8, 4) is 0 Å². The minimum absolute atomic E-state index is 0.0585. The van der Waals surface area contributed by atoms with Crippen LogP contribution in [0.15, 0.2) is 84.9 Å². The fourth-order valence-electron chi connectivity index (χ4n) is 4.38. The van der Waals surface area contributed by atoms with E-state index in [1.807, 2.05) is 60.7 Å². The van der Waals surface area contributed by atoms with Gasteiger partial charge in [-0.1, -0.05) is 112 Å². The molecule has 0 bridgehead atoms. The van der Waals surface area contributed by atoms with Crippen LogP contribution in [0.25, 0.3) is 0 Å². The second-order valence-corrected chi connectivity index (χ2v) is 9.15. The van der Waals surface area contributed by atoms with E-state index in [0.717, 1.165) is 30.4 Å². The van der Waals surface area contributed by atoms with Crippen LogP contribution in [-0.4, -0.2) is 17.0 Å². The van der Waals surface area contributed by atoms with Crippen molar-refractivity contribution in [2.75, 3.05) is 0 Å². The molecule has 0 unspecified atom stereocenters. The zero-order chi connectivity index (χ0) is 24.4. The van der Waals surface area contributed by atoms with Crippen LogP contribution in [0.2, 0.25) is 0 Å². The molecule has 0 spiro atoms. The van der Waals surface area contributed by atoms with E-state index in [1.165, 1.54) is 25.0 Å². The number of carbonyl (C=O) groups excluding carboxylic acids is 1. The number of benzene rings is 3. The van der Waals surface area contributed by atoms with E-state index in [0.29, 0.717) is 12.3 Å². The molecule has 4 nitrogen and oxygen atoms in total. The minimum Gasteiger partial charge on any atom is -0.478 e. The maximum atomic E-state index is 13.5. The van der Waals surface area contributed by atoms with Gasteiger partial charge in [0.2, 0.25) is 0 Å². The lowest BCUT2D eigenvalue weighted by atomic mass is 9.81. The number of hydrogen-bond acceptors (Lipinski definition) is 3. The standard InChI is InChI=1S/C30H34O4/c1-23(2)15-7-3-4-14-22-30(24-16-8-5-9-17-24,25-18-10-6-11-19-25)34-29(33)27-21-13-12-20-26(27)28(31)32/h5-6,8-13,16-21,23H,3-4,7,14-15,22H2,1-2H3,(H,31,32). The monoisotopic (exact) mass is 458 g/mol. The van der Waals surface area contributed by atoms with Crippen LogP contribution in [-0.2, 0) is 10.3 Å². The molecule has 0 aliphatic rings. The third-order valence-corrected chi connectivity index (χ3v) is 6.18. The van der Waals surface area contributed by atoms with Gasteiger partial charge in [0.15, 0.2) is 5.60 Å². The third kappa shape index (κ3) is 6.34. The first kappa shape index (κ1) is 25.2. The predicted octanol–water partition coefficient (Wildman–Crippen LogP) is 7.48. The number of esters is 1. The first-order valence-electron chi connectivity index (χ1n) is 12.1. The molecule has 0 aliphatic heterocycles. The van der Waals surface area contributed by atoms with Gasteiger partial charge >= 0.3 is 11.9 Å². The summed E-state index contributed by atoms with van der Waals surface area (Å²) in [6, 6.07) is 25.7. The molecule has 4 heteroatoms. The average molecular weight is 459 g/mol. The fraction of sp³-hybridized carbons (Fsp3) is 0.333. The number of hydrogen-bond donors (Lipinski definition) is 1. The molecule has 0 amide bonds. The molecular formula is C30H34O4. The number of unbranched alkanes of at least 4 members (excludes halogenated alkanes) is 3. The molecule has 178 valence electrons. The molecule has 0 fully saturated rings. The van der Waals surface area contributed by atoms with Crippen molar-refractivity contribution in [3.05, 3.63) is 107 Å². The molecule has 3 aromatic carbocycles. The van der Waals surface area contributed by atoms with Crippen molar-refractivity contribution >= 4 is 11.9 Å². The average Bonchev–Trinajstić information content (AvgIpc) is 2.86. The van der Waals surface area contributed by atoms with E-state index in [1.54, 1.807) is 12.1 Å². The van der Waals surface area contributed by atoms with Crippen LogP contribution < -0.4 is 0 Å². The Labute approximate surface area is 202 Å². The number of carboxylic acid groups (broad SMARTS) is 1. The highest BCUT2D eigenvalue weighted by atomic mass is 16.6. The molecule has 0 atom stereocenters. The Hall–Kier alpha value is -3.40. The Balaban J connectivity index is 1.97. The summed E-state index contributed by atoms with van der Waals surface area (Å²) in [5.41, 5.74) is 0.747. The number of rotatable bonds is 12. The molecule has 0 aliphatic carbocycles. The lowest BCUT2D eigenvalue weighted by Gasteiger charge is -2.35. The molecule has 3 rings (SSSR count). The zero-order valence-corrected chi connectivity index (χ0v) is 20.1. The van der Waals surface area contributed by atoms with Gasteiger partial charge in [-0.25, -0.2) is 9.59 Å².